The molecule has 1 atom stereocenters. The minimum absolute atomic E-state index is 0.297. The van der Waals surface area contributed by atoms with E-state index in [1.165, 1.54) is 0 Å². The lowest BCUT2D eigenvalue weighted by molar-refractivity contribution is -0.114. The van der Waals surface area contributed by atoms with Gasteiger partial charge in [0.1, 0.15) is 22.9 Å². The van der Waals surface area contributed by atoms with E-state index in [1.54, 1.807) is 7.05 Å². The number of nitrogens with one attached hydrogen (secondary N) is 2. The zero-order valence-corrected chi connectivity index (χ0v) is 21.0. The molecule has 186 valence electrons. The molecule has 2 heterocycles. The number of amides is 1. The van der Waals surface area contributed by atoms with Crippen molar-refractivity contribution in [3.05, 3.63) is 65.7 Å². The molecular weight excluding hydrogens is 438 g/mol. The second-order valence-electron chi connectivity index (χ2n) is 9.54. The molecule has 2 aromatic rings. The van der Waals surface area contributed by atoms with E-state index in [0.717, 1.165) is 49.4 Å². The number of likely N-dealkylation sites (tertiary alicyclic amines) is 1. The Labute approximate surface area is 208 Å². The Morgan fingerprint density at radius 2 is 1.71 bits per heavy atom. The molecule has 35 heavy (non-hydrogen) atoms. The van der Waals surface area contributed by atoms with Crippen LogP contribution in [0, 0.1) is 5.92 Å². The molecule has 0 bridgehead atoms. The maximum atomic E-state index is 12.7. The Morgan fingerprint density at radius 3 is 2.31 bits per heavy atom. The number of ether oxygens (including phenoxy) is 1. The average molecular weight is 476 g/mol. The second kappa shape index (κ2) is 11.4. The summed E-state index contributed by atoms with van der Waals surface area (Å²) in [5.74, 6) is 2.15. The van der Waals surface area contributed by atoms with Crippen molar-refractivity contribution in [2.75, 3.05) is 26.7 Å². The normalized spacial score (nSPS) is 20.0. The minimum Gasteiger partial charge on any atom is -0.457 e. The van der Waals surface area contributed by atoms with Crippen LogP contribution < -0.4 is 21.1 Å². The largest absolute Gasteiger partial charge is 0.457 e. The van der Waals surface area contributed by atoms with Crippen LogP contribution >= 0.6 is 0 Å². The lowest BCUT2D eigenvalue weighted by Gasteiger charge is -2.39. The fourth-order valence-electron chi connectivity index (χ4n) is 5.04. The summed E-state index contributed by atoms with van der Waals surface area (Å²) < 4.78 is 5.91. The minimum atomic E-state index is -0.500. The van der Waals surface area contributed by atoms with Crippen molar-refractivity contribution in [3.8, 4) is 11.5 Å². The van der Waals surface area contributed by atoms with Gasteiger partial charge in [0, 0.05) is 25.7 Å². The van der Waals surface area contributed by atoms with Gasteiger partial charge in [0.15, 0.2) is 0 Å². The van der Waals surface area contributed by atoms with Gasteiger partial charge in [-0.3, -0.25) is 9.79 Å². The summed E-state index contributed by atoms with van der Waals surface area (Å²) in [5.41, 5.74) is 7.80. The van der Waals surface area contributed by atoms with Gasteiger partial charge in [0.25, 0.3) is 5.91 Å². The lowest BCUT2D eigenvalue weighted by atomic mass is 9.86. The lowest BCUT2D eigenvalue weighted by Crippen LogP contribution is -2.50. The number of nitrogens with zero attached hydrogens (tertiary/aromatic N) is 2. The van der Waals surface area contributed by atoms with Crippen LogP contribution in [-0.2, 0) is 4.79 Å². The summed E-state index contributed by atoms with van der Waals surface area (Å²) in [6, 6.07) is 18.1. The van der Waals surface area contributed by atoms with Crippen molar-refractivity contribution >= 4 is 17.4 Å². The number of hydrogen-bond donors (Lipinski definition) is 3. The Morgan fingerprint density at radius 1 is 1.06 bits per heavy atom. The van der Waals surface area contributed by atoms with Gasteiger partial charge in [-0.1, -0.05) is 18.2 Å². The number of hydrogen-bond acceptors (Lipinski definition) is 6. The first kappa shape index (κ1) is 24.8. The van der Waals surface area contributed by atoms with Crippen molar-refractivity contribution in [1.82, 2.24) is 15.5 Å². The Kier molecular flexibility index (Phi) is 8.08. The molecule has 7 heteroatoms. The molecule has 0 unspecified atom stereocenters. The topological polar surface area (TPSA) is 92.0 Å². The quantitative estimate of drug-likeness (QED) is 0.506. The number of benzene rings is 2. The summed E-state index contributed by atoms with van der Waals surface area (Å²) in [6.45, 7) is 7.44. The molecule has 0 aromatic heterocycles. The van der Waals surface area contributed by atoms with Gasteiger partial charge < -0.3 is 26.0 Å². The van der Waals surface area contributed by atoms with Crippen molar-refractivity contribution in [1.29, 1.82) is 0 Å². The molecule has 0 aliphatic carbocycles. The summed E-state index contributed by atoms with van der Waals surface area (Å²) in [7, 11) is 1.80. The zero-order valence-electron chi connectivity index (χ0n) is 21.0. The van der Waals surface area contributed by atoms with Crippen molar-refractivity contribution in [3.63, 3.8) is 0 Å². The molecule has 2 aromatic carbocycles. The van der Waals surface area contributed by atoms with Crippen LogP contribution in [0.3, 0.4) is 0 Å². The van der Waals surface area contributed by atoms with E-state index in [2.05, 4.69) is 34.4 Å². The first-order chi connectivity index (χ1) is 17.0. The van der Waals surface area contributed by atoms with E-state index in [9.17, 15) is 4.79 Å². The monoisotopic (exact) mass is 475 g/mol. The number of amidine groups is 1. The van der Waals surface area contributed by atoms with Crippen molar-refractivity contribution in [2.24, 2.45) is 16.6 Å². The molecular formula is C28H37N5O2. The van der Waals surface area contributed by atoms with E-state index < -0.39 is 5.91 Å². The third-order valence-corrected chi connectivity index (χ3v) is 7.01. The smallest absolute Gasteiger partial charge is 0.254 e. The highest BCUT2D eigenvalue weighted by atomic mass is 16.5. The number of carbonyl (C=O) groups is 1. The van der Waals surface area contributed by atoms with Crippen LogP contribution in [0.5, 0.6) is 11.5 Å². The number of piperidine rings is 1. The van der Waals surface area contributed by atoms with Crippen LogP contribution in [0.25, 0.3) is 5.70 Å². The van der Waals surface area contributed by atoms with E-state index >= 15 is 0 Å². The second-order valence-corrected chi connectivity index (χ2v) is 9.54. The average Bonchev–Trinajstić information content (AvgIpc) is 2.88. The molecule has 1 amide bonds. The Bertz CT molecular complexity index is 1050. The fraction of sp³-hybridized carbons (Fsp3) is 0.429. The van der Waals surface area contributed by atoms with Gasteiger partial charge in [-0.05, 0) is 94.1 Å². The first-order valence-electron chi connectivity index (χ1n) is 12.6. The summed E-state index contributed by atoms with van der Waals surface area (Å²) in [4.78, 5) is 19.9. The summed E-state index contributed by atoms with van der Waals surface area (Å²) >= 11 is 0. The molecule has 0 saturated carbocycles. The molecule has 4 rings (SSSR count). The molecule has 2 aliphatic heterocycles. The van der Waals surface area contributed by atoms with E-state index in [1.807, 2.05) is 54.6 Å². The first-order valence-corrected chi connectivity index (χ1v) is 12.6. The number of para-hydroxylation sites is 1. The van der Waals surface area contributed by atoms with Crippen LogP contribution in [-0.4, -0.2) is 55.4 Å². The molecule has 0 radical (unpaired) electrons. The number of rotatable bonds is 8. The van der Waals surface area contributed by atoms with Gasteiger partial charge in [-0.25, -0.2) is 0 Å². The predicted molar refractivity (Wildman–Crippen MR) is 141 cm³/mol. The van der Waals surface area contributed by atoms with E-state index in [0.29, 0.717) is 41.7 Å². The third-order valence-electron chi connectivity index (χ3n) is 7.01. The van der Waals surface area contributed by atoms with Gasteiger partial charge in [0.2, 0.25) is 0 Å². The molecule has 7 nitrogen and oxygen atoms in total. The summed E-state index contributed by atoms with van der Waals surface area (Å²) in [5, 5.41) is 6.77. The van der Waals surface area contributed by atoms with Gasteiger partial charge in [-0.15, -0.1) is 0 Å². The van der Waals surface area contributed by atoms with E-state index in [-0.39, 0.29) is 0 Å². The Balaban J connectivity index is 1.52. The number of carbonyl (C=O) groups excluding carboxylic acids is 1. The van der Waals surface area contributed by atoms with Gasteiger partial charge in [0.05, 0.1) is 5.70 Å². The third kappa shape index (κ3) is 6.03. The van der Waals surface area contributed by atoms with Crippen LogP contribution in [0.15, 0.2) is 65.2 Å². The van der Waals surface area contributed by atoms with Crippen molar-refractivity contribution in [2.45, 2.75) is 45.2 Å². The van der Waals surface area contributed by atoms with Crippen molar-refractivity contribution < 1.29 is 9.53 Å². The fourth-order valence-corrected chi connectivity index (χ4v) is 5.04. The highest BCUT2D eigenvalue weighted by molar-refractivity contribution is 6.25. The zero-order chi connectivity index (χ0) is 24.8. The van der Waals surface area contributed by atoms with Crippen LogP contribution in [0.1, 0.15) is 38.7 Å². The maximum Gasteiger partial charge on any atom is 0.254 e. The van der Waals surface area contributed by atoms with Gasteiger partial charge >= 0.3 is 0 Å². The summed E-state index contributed by atoms with van der Waals surface area (Å²) in [6.07, 6.45) is 3.28. The SMILES string of the molecule is CNC(=C(C(N)=O)C1=NCC[C@@H](C2CCN(C(C)C)CC2)N1)c1ccc(Oc2ccccc2)cc1. The molecule has 0 spiro atoms. The van der Waals surface area contributed by atoms with Crippen LogP contribution in [0.2, 0.25) is 0 Å². The van der Waals surface area contributed by atoms with Gasteiger partial charge in [-0.2, -0.15) is 0 Å². The molecule has 1 saturated heterocycles. The highest BCUT2D eigenvalue weighted by Crippen LogP contribution is 2.28. The van der Waals surface area contributed by atoms with Crippen LogP contribution in [0.4, 0.5) is 0 Å². The number of aliphatic imine (C=N–C) groups is 1. The highest BCUT2D eigenvalue weighted by Gasteiger charge is 2.31. The number of primary amides is 1. The maximum absolute atomic E-state index is 12.7. The Hall–Kier alpha value is -3.32. The molecule has 4 N–H and O–H groups in total. The molecule has 2 aliphatic rings. The number of nitrogens with two attached hydrogens (primary N) is 1. The molecule has 1 fully saturated rings. The standard InChI is InChI=1S/C28H37N5O2/c1-19(2)33-17-14-20(15-18-33)24-13-16-31-28(32-24)25(27(29)34)26(30-3)21-9-11-23(12-10-21)35-22-7-5-4-6-8-22/h4-12,19-20,24,30H,13-18H2,1-3H3,(H2,29,34)(H,31,32)/t24-/m0/s1. The van der Waals surface area contributed by atoms with E-state index in [4.69, 9.17) is 10.5 Å². The predicted octanol–water partition coefficient (Wildman–Crippen LogP) is 3.78.